The molecule has 8 rings (SSSR count). The molecule has 0 fully saturated rings. The minimum atomic E-state index is -0.118. The van der Waals surface area contributed by atoms with Crippen LogP contribution in [-0.2, 0) is 0 Å². The maximum Gasteiger partial charge on any atom is 0.133 e. The topological polar surface area (TPSA) is 24.4 Å². The minimum absolute atomic E-state index is 0.118. The van der Waals surface area contributed by atoms with Crippen molar-refractivity contribution < 1.29 is 0 Å². The second kappa shape index (κ2) is 14.8. The van der Waals surface area contributed by atoms with E-state index < -0.39 is 0 Å². The molecule has 0 saturated heterocycles. The fourth-order valence-corrected chi connectivity index (χ4v) is 7.19. The average molecular weight is 669 g/mol. The number of rotatable bonds is 9. The smallest absolute Gasteiger partial charge is 0.133 e. The lowest BCUT2D eigenvalue weighted by Crippen LogP contribution is -2.28. The zero-order chi connectivity index (χ0) is 35.3. The molecule has 1 aliphatic heterocycles. The van der Waals surface area contributed by atoms with Gasteiger partial charge in [-0.2, -0.15) is 0 Å². The molecular formula is C50H40N2. The van der Waals surface area contributed by atoms with Gasteiger partial charge in [0.2, 0.25) is 0 Å². The molecule has 250 valence electrons. The quantitative estimate of drug-likeness (QED) is 0.163. The van der Waals surface area contributed by atoms with Crippen molar-refractivity contribution in [3.05, 3.63) is 228 Å². The van der Waals surface area contributed by atoms with Crippen LogP contribution in [0.1, 0.15) is 57.3 Å². The number of nitrogens with zero attached hydrogens (tertiary/aromatic N) is 1. The molecule has 0 saturated carbocycles. The summed E-state index contributed by atoms with van der Waals surface area (Å²) in [5.41, 5.74) is 15.1. The first kappa shape index (κ1) is 32.7. The van der Waals surface area contributed by atoms with E-state index in [0.29, 0.717) is 0 Å². The van der Waals surface area contributed by atoms with Crippen molar-refractivity contribution >= 4 is 29.3 Å². The van der Waals surface area contributed by atoms with Crippen LogP contribution in [0, 0.1) is 0 Å². The Balaban J connectivity index is 1.09. The van der Waals surface area contributed by atoms with Crippen LogP contribution in [0.25, 0.3) is 45.7 Å². The Bertz CT molecular complexity index is 2390. The van der Waals surface area contributed by atoms with Crippen LogP contribution in [-0.4, -0.2) is 5.84 Å². The van der Waals surface area contributed by atoms with Crippen LogP contribution in [0.4, 0.5) is 0 Å². The fraction of sp³-hybridized carbons (Fsp3) is 0.0600. The van der Waals surface area contributed by atoms with Crippen LogP contribution in [0.15, 0.2) is 194 Å². The Kier molecular flexibility index (Phi) is 9.28. The minimum Gasteiger partial charge on any atom is -0.340 e. The molecule has 1 aliphatic carbocycles. The lowest BCUT2D eigenvalue weighted by molar-refractivity contribution is 0.854. The van der Waals surface area contributed by atoms with Crippen molar-refractivity contribution in [1.29, 1.82) is 0 Å². The summed E-state index contributed by atoms with van der Waals surface area (Å²) in [6.07, 6.45) is 13.9. The number of amidine groups is 1. The molecule has 0 bridgehead atoms. The van der Waals surface area contributed by atoms with E-state index in [0.717, 1.165) is 45.8 Å². The van der Waals surface area contributed by atoms with Crippen molar-refractivity contribution in [2.24, 2.45) is 4.99 Å². The number of nitrogens with one attached hydrogen (secondary N) is 1. The highest BCUT2D eigenvalue weighted by atomic mass is 15.0. The monoisotopic (exact) mass is 668 g/mol. The van der Waals surface area contributed by atoms with Gasteiger partial charge in [0.25, 0.3) is 0 Å². The number of benzene rings is 6. The maximum absolute atomic E-state index is 5.25. The molecule has 2 heteroatoms. The van der Waals surface area contributed by atoms with E-state index in [1.54, 1.807) is 0 Å². The number of hydrogen-bond donors (Lipinski definition) is 1. The van der Waals surface area contributed by atoms with E-state index in [4.69, 9.17) is 4.99 Å². The standard InChI is InChI=1S/C50H40N2/c1-3-35-27-28-46(29-36(35)4-2)49-34-48(38-17-9-6-10-18-38)51-50(52-49)47-26-14-25-45(33-47)44-24-13-23-43(32-44)42-22-12-21-41(31-42)40-20-11-19-39(30-40)37-15-7-5-8-16-37/h3-23,25-34,44,48H,1-2,24H2,(H,51,52). The Morgan fingerprint density at radius 2 is 1.13 bits per heavy atom. The second-order valence-corrected chi connectivity index (χ2v) is 13.3. The highest BCUT2D eigenvalue weighted by molar-refractivity contribution is 6.05. The molecule has 2 nitrogen and oxygen atoms in total. The van der Waals surface area contributed by atoms with Gasteiger partial charge < -0.3 is 5.32 Å². The summed E-state index contributed by atoms with van der Waals surface area (Å²) < 4.78 is 0. The third kappa shape index (κ3) is 6.92. The molecule has 0 aromatic heterocycles. The van der Waals surface area contributed by atoms with E-state index in [1.165, 1.54) is 39.0 Å². The van der Waals surface area contributed by atoms with Crippen LogP contribution >= 0.6 is 0 Å². The van der Waals surface area contributed by atoms with Gasteiger partial charge in [0, 0.05) is 17.2 Å². The summed E-state index contributed by atoms with van der Waals surface area (Å²) in [5, 5.41) is 3.70. The number of hydrogen-bond acceptors (Lipinski definition) is 2. The van der Waals surface area contributed by atoms with Gasteiger partial charge in [0.05, 0.1) is 6.04 Å². The van der Waals surface area contributed by atoms with Gasteiger partial charge >= 0.3 is 0 Å². The number of allylic oxidation sites excluding steroid dienone is 4. The van der Waals surface area contributed by atoms with Gasteiger partial charge in [-0.25, -0.2) is 0 Å². The van der Waals surface area contributed by atoms with Crippen LogP contribution in [0.2, 0.25) is 0 Å². The fourth-order valence-electron chi connectivity index (χ4n) is 7.19. The molecular weight excluding hydrogens is 629 g/mol. The first-order valence-corrected chi connectivity index (χ1v) is 17.9. The normalized spacial score (nSPS) is 16.6. The molecule has 1 heterocycles. The zero-order valence-electron chi connectivity index (χ0n) is 29.1. The third-order valence-electron chi connectivity index (χ3n) is 9.98. The summed E-state index contributed by atoms with van der Waals surface area (Å²) in [6, 6.07) is 53.9. The molecule has 52 heavy (non-hydrogen) atoms. The molecule has 2 unspecified atom stereocenters. The third-order valence-corrected chi connectivity index (χ3v) is 9.98. The summed E-state index contributed by atoms with van der Waals surface area (Å²) >= 11 is 0. The Morgan fingerprint density at radius 3 is 1.88 bits per heavy atom. The van der Waals surface area contributed by atoms with Crippen LogP contribution in [0.3, 0.4) is 0 Å². The molecule has 0 amide bonds. The van der Waals surface area contributed by atoms with Gasteiger partial charge in [-0.05, 0) is 98.0 Å². The Hall–Kier alpha value is -6.51. The molecule has 6 aromatic carbocycles. The highest BCUT2D eigenvalue weighted by Crippen LogP contribution is 2.35. The SMILES string of the molecule is C=Cc1ccc(C2=CC(c3ccccc3)N=C(c3cccc(C4C=C(c5cccc(-c6cccc(-c7ccccc7)c6)c5)C=CC4)c3)N2)cc1C=C. The zero-order valence-corrected chi connectivity index (χ0v) is 29.1. The van der Waals surface area contributed by atoms with Gasteiger partial charge in [0.1, 0.15) is 5.84 Å². The van der Waals surface area contributed by atoms with E-state index >= 15 is 0 Å². The van der Waals surface area contributed by atoms with Crippen LogP contribution < -0.4 is 5.32 Å². The molecule has 6 aromatic rings. The summed E-state index contributed by atoms with van der Waals surface area (Å²) in [7, 11) is 0. The molecule has 1 N–H and O–H groups in total. The number of aliphatic imine (C=N–C) groups is 1. The largest absolute Gasteiger partial charge is 0.340 e. The summed E-state index contributed by atoms with van der Waals surface area (Å²) in [5.74, 6) is 1.11. The maximum atomic E-state index is 5.25. The van der Waals surface area contributed by atoms with E-state index in [1.807, 2.05) is 18.2 Å². The van der Waals surface area contributed by atoms with Crippen molar-refractivity contribution in [2.75, 3.05) is 0 Å². The highest BCUT2D eigenvalue weighted by Gasteiger charge is 2.21. The van der Waals surface area contributed by atoms with Crippen molar-refractivity contribution in [1.82, 2.24) is 5.32 Å². The van der Waals surface area contributed by atoms with E-state index in [-0.39, 0.29) is 12.0 Å². The van der Waals surface area contributed by atoms with Crippen molar-refractivity contribution in [3.8, 4) is 22.3 Å². The van der Waals surface area contributed by atoms with Gasteiger partial charge in [-0.3, -0.25) is 4.99 Å². The average Bonchev–Trinajstić information content (AvgIpc) is 3.24. The lowest BCUT2D eigenvalue weighted by atomic mass is 9.86. The van der Waals surface area contributed by atoms with Crippen molar-refractivity contribution in [2.45, 2.75) is 18.4 Å². The van der Waals surface area contributed by atoms with Gasteiger partial charge in [-0.1, -0.05) is 171 Å². The van der Waals surface area contributed by atoms with Gasteiger partial charge in [-0.15, -0.1) is 0 Å². The summed E-state index contributed by atoms with van der Waals surface area (Å²) in [6.45, 7) is 8.02. The summed E-state index contributed by atoms with van der Waals surface area (Å²) in [4.78, 5) is 5.25. The van der Waals surface area contributed by atoms with Gasteiger partial charge in [0.15, 0.2) is 0 Å². The van der Waals surface area contributed by atoms with Crippen LogP contribution in [0.5, 0.6) is 0 Å². The second-order valence-electron chi connectivity index (χ2n) is 13.3. The molecule has 0 radical (unpaired) electrons. The Labute approximate surface area is 307 Å². The predicted octanol–water partition coefficient (Wildman–Crippen LogP) is 12.6. The van der Waals surface area contributed by atoms with E-state index in [2.05, 4.69) is 188 Å². The molecule has 2 atom stereocenters. The predicted molar refractivity (Wildman–Crippen MR) is 222 cm³/mol. The first-order valence-electron chi connectivity index (χ1n) is 17.9. The Morgan fingerprint density at radius 1 is 0.519 bits per heavy atom. The molecule has 2 aliphatic rings. The lowest BCUT2D eigenvalue weighted by Gasteiger charge is -2.24. The van der Waals surface area contributed by atoms with Crippen molar-refractivity contribution in [3.63, 3.8) is 0 Å². The van der Waals surface area contributed by atoms with E-state index in [9.17, 15) is 0 Å². The molecule has 0 spiro atoms. The first-order chi connectivity index (χ1) is 25.6.